The van der Waals surface area contributed by atoms with E-state index in [-0.39, 0.29) is 37.0 Å². The summed E-state index contributed by atoms with van der Waals surface area (Å²) in [4.78, 5) is 35.4. The third-order valence-electron chi connectivity index (χ3n) is 3.69. The summed E-state index contributed by atoms with van der Waals surface area (Å²) in [5.41, 5.74) is 0.716. The number of ether oxygens (including phenoxy) is 1. The van der Waals surface area contributed by atoms with Crippen molar-refractivity contribution in [2.45, 2.75) is 13.3 Å². The summed E-state index contributed by atoms with van der Waals surface area (Å²) in [5, 5.41) is 7.89. The number of amides is 3. The molecule has 2 aromatic rings. The van der Waals surface area contributed by atoms with Gasteiger partial charge in [0.1, 0.15) is 11.6 Å². The third kappa shape index (κ3) is 7.53. The molecule has 3 amide bonds. The highest BCUT2D eigenvalue weighted by atomic mass is 79.9. The van der Waals surface area contributed by atoms with E-state index in [0.29, 0.717) is 22.5 Å². The lowest BCUT2D eigenvalue weighted by Crippen LogP contribution is -2.28. The van der Waals surface area contributed by atoms with Crippen LogP contribution < -0.4 is 20.7 Å². The fraction of sp³-hybridized carbons (Fsp3) is 0.250. The molecule has 154 valence electrons. The highest BCUT2D eigenvalue weighted by Crippen LogP contribution is 2.18. The van der Waals surface area contributed by atoms with Crippen LogP contribution in [0.2, 0.25) is 0 Å². The van der Waals surface area contributed by atoms with E-state index >= 15 is 0 Å². The van der Waals surface area contributed by atoms with Gasteiger partial charge in [-0.05, 0) is 65.3 Å². The number of hydrogen-bond donors (Lipinski definition) is 3. The van der Waals surface area contributed by atoms with E-state index in [1.54, 1.807) is 24.3 Å². The maximum atomic E-state index is 13.3. The highest BCUT2D eigenvalue weighted by Gasteiger charge is 2.11. The third-order valence-corrected chi connectivity index (χ3v) is 4.38. The minimum Gasteiger partial charge on any atom is -0.484 e. The number of benzene rings is 2. The van der Waals surface area contributed by atoms with Crippen LogP contribution in [0.3, 0.4) is 0 Å². The molecular weight excluding hydrogens is 445 g/mol. The van der Waals surface area contributed by atoms with Crippen molar-refractivity contribution in [1.29, 1.82) is 0 Å². The van der Waals surface area contributed by atoms with Gasteiger partial charge in [-0.2, -0.15) is 0 Å². The Morgan fingerprint density at radius 3 is 2.45 bits per heavy atom. The van der Waals surface area contributed by atoms with Crippen LogP contribution in [0, 0.1) is 5.82 Å². The zero-order valence-corrected chi connectivity index (χ0v) is 17.3. The molecular formula is C20H21BrFN3O4. The van der Waals surface area contributed by atoms with E-state index in [9.17, 15) is 18.8 Å². The summed E-state index contributed by atoms with van der Waals surface area (Å²) in [6.45, 7) is 2.37. The molecule has 9 heteroatoms. The van der Waals surface area contributed by atoms with Gasteiger partial charge in [0.2, 0.25) is 5.91 Å². The molecule has 0 aliphatic carbocycles. The molecule has 0 fully saturated rings. The average Bonchev–Trinajstić information content (AvgIpc) is 2.69. The van der Waals surface area contributed by atoms with Crippen molar-refractivity contribution >= 4 is 39.3 Å². The number of nitrogens with one attached hydrogen (secondary N) is 3. The predicted octanol–water partition coefficient (Wildman–Crippen LogP) is 2.86. The van der Waals surface area contributed by atoms with E-state index < -0.39 is 11.7 Å². The fourth-order valence-electron chi connectivity index (χ4n) is 2.31. The Morgan fingerprint density at radius 1 is 1.03 bits per heavy atom. The van der Waals surface area contributed by atoms with Crippen LogP contribution in [0.25, 0.3) is 0 Å². The summed E-state index contributed by atoms with van der Waals surface area (Å²) in [6.07, 6.45) is 0.0497. The minimum absolute atomic E-state index is 0.0497. The van der Waals surface area contributed by atoms with Crippen molar-refractivity contribution < 1.29 is 23.5 Å². The quantitative estimate of drug-likeness (QED) is 0.530. The van der Waals surface area contributed by atoms with Gasteiger partial charge in [-0.25, -0.2) is 4.39 Å². The predicted molar refractivity (Wildman–Crippen MR) is 110 cm³/mol. The summed E-state index contributed by atoms with van der Waals surface area (Å²) < 4.78 is 19.1. The van der Waals surface area contributed by atoms with Crippen LogP contribution in [0.5, 0.6) is 5.75 Å². The Bertz CT molecular complexity index is 875. The summed E-state index contributed by atoms with van der Waals surface area (Å²) in [6, 6.07) is 10.4. The zero-order chi connectivity index (χ0) is 21.2. The Labute approximate surface area is 176 Å². The molecule has 0 aliphatic heterocycles. The number of halogens is 2. The summed E-state index contributed by atoms with van der Waals surface area (Å²) in [7, 11) is 0. The van der Waals surface area contributed by atoms with Crippen LogP contribution in [0.4, 0.5) is 10.1 Å². The van der Waals surface area contributed by atoms with Gasteiger partial charge < -0.3 is 20.7 Å². The van der Waals surface area contributed by atoms with Gasteiger partial charge in [-0.1, -0.05) is 0 Å². The van der Waals surface area contributed by atoms with Crippen molar-refractivity contribution in [3.05, 3.63) is 58.3 Å². The molecule has 7 nitrogen and oxygen atoms in total. The van der Waals surface area contributed by atoms with E-state index in [1.165, 1.54) is 12.1 Å². The number of likely N-dealkylation sites (N-methyl/N-ethyl adjacent to an activating group) is 1. The molecule has 0 atom stereocenters. The number of carbonyl (C=O) groups excluding carboxylic acids is 3. The van der Waals surface area contributed by atoms with Gasteiger partial charge in [0, 0.05) is 29.7 Å². The first kappa shape index (κ1) is 22.4. The molecule has 0 heterocycles. The molecule has 0 aromatic heterocycles. The SMILES string of the molecule is CCNC(=O)COc1ccc(NC(=O)CCNC(=O)c2cc(F)ccc2Br)cc1. The molecule has 0 unspecified atom stereocenters. The Hall–Kier alpha value is -2.94. The Kier molecular flexibility index (Phi) is 8.60. The van der Waals surface area contributed by atoms with E-state index in [1.807, 2.05) is 6.92 Å². The van der Waals surface area contributed by atoms with Crippen LogP contribution in [-0.4, -0.2) is 37.4 Å². The van der Waals surface area contributed by atoms with Crippen molar-refractivity contribution in [3.8, 4) is 5.75 Å². The number of carbonyl (C=O) groups is 3. The monoisotopic (exact) mass is 465 g/mol. The van der Waals surface area contributed by atoms with Gasteiger partial charge in [0.15, 0.2) is 6.61 Å². The molecule has 3 N–H and O–H groups in total. The lowest BCUT2D eigenvalue weighted by atomic mass is 10.2. The molecule has 0 bridgehead atoms. The van der Waals surface area contributed by atoms with Gasteiger partial charge in [0.05, 0.1) is 5.56 Å². The zero-order valence-electron chi connectivity index (χ0n) is 15.8. The molecule has 2 aromatic carbocycles. The number of hydrogen-bond acceptors (Lipinski definition) is 4. The molecule has 0 radical (unpaired) electrons. The lowest BCUT2D eigenvalue weighted by molar-refractivity contribution is -0.123. The fourth-order valence-corrected chi connectivity index (χ4v) is 2.74. The van der Waals surface area contributed by atoms with E-state index in [0.717, 1.165) is 6.07 Å². The smallest absolute Gasteiger partial charge is 0.257 e. The molecule has 0 spiro atoms. The van der Waals surface area contributed by atoms with Gasteiger partial charge >= 0.3 is 0 Å². The normalized spacial score (nSPS) is 10.2. The van der Waals surface area contributed by atoms with Gasteiger partial charge in [0.25, 0.3) is 11.8 Å². The Balaban J connectivity index is 1.75. The first-order valence-electron chi connectivity index (χ1n) is 8.91. The van der Waals surface area contributed by atoms with Crippen LogP contribution >= 0.6 is 15.9 Å². The standard InChI is InChI=1S/C20H21BrFN3O4/c1-2-23-19(27)12-29-15-6-4-14(5-7-15)25-18(26)9-10-24-20(28)16-11-13(22)3-8-17(16)21/h3-8,11H,2,9-10,12H2,1H3,(H,23,27)(H,24,28)(H,25,26). The Morgan fingerprint density at radius 2 is 1.76 bits per heavy atom. The van der Waals surface area contributed by atoms with Gasteiger partial charge in [-0.15, -0.1) is 0 Å². The van der Waals surface area contributed by atoms with E-state index in [4.69, 9.17) is 4.74 Å². The number of rotatable bonds is 9. The minimum atomic E-state index is -0.519. The van der Waals surface area contributed by atoms with Gasteiger partial charge in [-0.3, -0.25) is 14.4 Å². The topological polar surface area (TPSA) is 96.5 Å². The van der Waals surface area contributed by atoms with Crippen LogP contribution in [-0.2, 0) is 9.59 Å². The molecule has 0 saturated carbocycles. The van der Waals surface area contributed by atoms with Crippen molar-refractivity contribution in [1.82, 2.24) is 10.6 Å². The van der Waals surface area contributed by atoms with Crippen LogP contribution in [0.1, 0.15) is 23.7 Å². The maximum Gasteiger partial charge on any atom is 0.257 e. The van der Waals surface area contributed by atoms with Crippen molar-refractivity contribution in [2.75, 3.05) is 25.0 Å². The number of anilines is 1. The van der Waals surface area contributed by atoms with Crippen LogP contribution in [0.15, 0.2) is 46.9 Å². The lowest BCUT2D eigenvalue weighted by Gasteiger charge is -2.09. The first-order valence-corrected chi connectivity index (χ1v) is 9.71. The van der Waals surface area contributed by atoms with E-state index in [2.05, 4.69) is 31.9 Å². The van der Waals surface area contributed by atoms with Crippen molar-refractivity contribution in [3.63, 3.8) is 0 Å². The summed E-state index contributed by atoms with van der Waals surface area (Å²) >= 11 is 3.19. The second kappa shape index (κ2) is 11.2. The molecule has 0 saturated heterocycles. The molecule has 2 rings (SSSR count). The second-order valence-electron chi connectivity index (χ2n) is 5.94. The molecule has 29 heavy (non-hydrogen) atoms. The van der Waals surface area contributed by atoms with Crippen molar-refractivity contribution in [2.24, 2.45) is 0 Å². The maximum absolute atomic E-state index is 13.3. The highest BCUT2D eigenvalue weighted by molar-refractivity contribution is 9.10. The average molecular weight is 466 g/mol. The molecule has 0 aliphatic rings. The second-order valence-corrected chi connectivity index (χ2v) is 6.80. The first-order chi connectivity index (χ1) is 13.9. The summed E-state index contributed by atoms with van der Waals surface area (Å²) in [5.74, 6) is -0.994. The largest absolute Gasteiger partial charge is 0.484 e.